The summed E-state index contributed by atoms with van der Waals surface area (Å²) in [5.41, 5.74) is 0. The van der Waals surface area contributed by atoms with Gasteiger partial charge in [-0.15, -0.1) is 0 Å². The van der Waals surface area contributed by atoms with E-state index in [1.54, 1.807) is 0 Å². The Bertz CT molecular complexity index is 112. The summed E-state index contributed by atoms with van der Waals surface area (Å²) in [5.74, 6) is 1.89. The molecule has 1 aliphatic heterocycles. The maximum atomic E-state index is 3.39. The van der Waals surface area contributed by atoms with Crippen molar-refractivity contribution in [3.05, 3.63) is 0 Å². The highest BCUT2D eigenvalue weighted by atomic mass is 15.1. The van der Waals surface area contributed by atoms with Crippen molar-refractivity contribution in [2.75, 3.05) is 6.54 Å². The van der Waals surface area contributed by atoms with Crippen molar-refractivity contribution in [2.45, 2.75) is 52.5 Å². The fourth-order valence-corrected chi connectivity index (χ4v) is 1.87. The second kappa shape index (κ2) is 4.86. The summed E-state index contributed by atoms with van der Waals surface area (Å²) in [6, 6.07) is 0.861. The zero-order chi connectivity index (χ0) is 8.97. The highest BCUT2D eigenvalue weighted by molar-refractivity contribution is 4.87. The van der Waals surface area contributed by atoms with Crippen LogP contribution in [0.5, 0.6) is 0 Å². The van der Waals surface area contributed by atoms with Gasteiger partial charge in [0.1, 0.15) is 0 Å². The van der Waals surface area contributed by atoms with E-state index in [0.717, 1.165) is 17.9 Å². The zero-order valence-electron chi connectivity index (χ0n) is 8.77. The molecule has 1 saturated heterocycles. The maximum absolute atomic E-state index is 3.39. The van der Waals surface area contributed by atoms with Crippen LogP contribution in [0.25, 0.3) is 0 Å². The van der Waals surface area contributed by atoms with Gasteiger partial charge in [0.15, 0.2) is 0 Å². The predicted octanol–water partition coefficient (Wildman–Crippen LogP) is 2.81. The van der Waals surface area contributed by atoms with Crippen LogP contribution >= 0.6 is 0 Å². The van der Waals surface area contributed by atoms with E-state index in [1.165, 1.54) is 32.2 Å². The molecule has 1 heterocycles. The molecule has 12 heavy (non-hydrogen) atoms. The SMILES string of the molecule is CCC(CC)CCC(C)C1CN1. The number of nitrogens with one attached hydrogen (secondary N) is 1. The van der Waals surface area contributed by atoms with Crippen LogP contribution < -0.4 is 5.32 Å². The van der Waals surface area contributed by atoms with Gasteiger partial charge in [-0.2, -0.15) is 0 Å². The Labute approximate surface area is 76.9 Å². The Morgan fingerprint density at radius 2 is 1.83 bits per heavy atom. The number of hydrogen-bond acceptors (Lipinski definition) is 1. The first-order valence-corrected chi connectivity index (χ1v) is 5.51. The molecule has 0 amide bonds. The average Bonchev–Trinajstić information content (AvgIpc) is 2.88. The van der Waals surface area contributed by atoms with E-state index in [1.807, 2.05) is 0 Å². The highest BCUT2D eigenvalue weighted by Crippen LogP contribution is 2.22. The Kier molecular flexibility index (Phi) is 4.07. The standard InChI is InChI=1S/C11H23N/c1-4-10(5-2)7-6-9(3)11-8-12-11/h9-12H,4-8H2,1-3H3. The topological polar surface area (TPSA) is 21.9 Å². The summed E-state index contributed by atoms with van der Waals surface area (Å²) in [6.45, 7) is 8.28. The van der Waals surface area contributed by atoms with Crippen molar-refractivity contribution in [2.24, 2.45) is 11.8 Å². The molecule has 0 radical (unpaired) electrons. The van der Waals surface area contributed by atoms with Crippen LogP contribution in [0, 0.1) is 11.8 Å². The molecular formula is C11H23N. The second-order valence-corrected chi connectivity index (χ2v) is 4.25. The van der Waals surface area contributed by atoms with Crippen LogP contribution in [0.2, 0.25) is 0 Å². The van der Waals surface area contributed by atoms with Gasteiger partial charge in [-0.3, -0.25) is 0 Å². The van der Waals surface area contributed by atoms with Crippen LogP contribution in [0.15, 0.2) is 0 Å². The largest absolute Gasteiger partial charge is 0.311 e. The molecule has 0 aromatic carbocycles. The fourth-order valence-electron chi connectivity index (χ4n) is 1.87. The molecule has 1 aliphatic rings. The van der Waals surface area contributed by atoms with Gasteiger partial charge in [0.25, 0.3) is 0 Å². The average molecular weight is 169 g/mol. The molecule has 2 unspecified atom stereocenters. The Balaban J connectivity index is 2.05. The molecule has 2 atom stereocenters. The Morgan fingerprint density at radius 3 is 2.25 bits per heavy atom. The molecule has 1 N–H and O–H groups in total. The molecular weight excluding hydrogens is 146 g/mol. The lowest BCUT2D eigenvalue weighted by Gasteiger charge is -2.14. The van der Waals surface area contributed by atoms with Crippen LogP contribution in [-0.2, 0) is 0 Å². The van der Waals surface area contributed by atoms with Gasteiger partial charge in [0, 0.05) is 12.6 Å². The molecule has 0 aromatic rings. The van der Waals surface area contributed by atoms with E-state index in [-0.39, 0.29) is 0 Å². The van der Waals surface area contributed by atoms with E-state index in [4.69, 9.17) is 0 Å². The van der Waals surface area contributed by atoms with Gasteiger partial charge >= 0.3 is 0 Å². The first-order valence-electron chi connectivity index (χ1n) is 5.51. The fraction of sp³-hybridized carbons (Fsp3) is 1.00. The summed E-state index contributed by atoms with van der Waals surface area (Å²) in [4.78, 5) is 0. The first kappa shape index (κ1) is 10.0. The first-order chi connectivity index (χ1) is 5.77. The predicted molar refractivity (Wildman–Crippen MR) is 54.3 cm³/mol. The third kappa shape index (κ3) is 3.14. The Morgan fingerprint density at radius 1 is 1.25 bits per heavy atom. The van der Waals surface area contributed by atoms with Gasteiger partial charge in [-0.1, -0.05) is 40.0 Å². The van der Waals surface area contributed by atoms with Gasteiger partial charge < -0.3 is 5.32 Å². The molecule has 1 fully saturated rings. The third-order valence-corrected chi connectivity index (χ3v) is 3.31. The van der Waals surface area contributed by atoms with Gasteiger partial charge in [0.05, 0.1) is 0 Å². The van der Waals surface area contributed by atoms with Crippen molar-refractivity contribution in [3.8, 4) is 0 Å². The molecule has 0 aromatic heterocycles. The van der Waals surface area contributed by atoms with E-state index in [0.29, 0.717) is 0 Å². The molecule has 0 saturated carbocycles. The number of rotatable bonds is 6. The zero-order valence-corrected chi connectivity index (χ0v) is 8.77. The summed E-state index contributed by atoms with van der Waals surface area (Å²) in [5, 5.41) is 3.39. The van der Waals surface area contributed by atoms with Crippen molar-refractivity contribution < 1.29 is 0 Å². The van der Waals surface area contributed by atoms with E-state index in [2.05, 4.69) is 26.1 Å². The Hall–Kier alpha value is -0.0400. The molecule has 0 bridgehead atoms. The molecule has 0 aliphatic carbocycles. The quantitative estimate of drug-likeness (QED) is 0.607. The van der Waals surface area contributed by atoms with Crippen LogP contribution in [0.3, 0.4) is 0 Å². The van der Waals surface area contributed by atoms with Crippen molar-refractivity contribution in [1.82, 2.24) is 5.32 Å². The van der Waals surface area contributed by atoms with Crippen LogP contribution in [0.4, 0.5) is 0 Å². The molecule has 1 nitrogen and oxygen atoms in total. The molecule has 1 heteroatoms. The minimum absolute atomic E-state index is 0.861. The lowest BCUT2D eigenvalue weighted by molar-refractivity contribution is 0.387. The molecule has 72 valence electrons. The maximum Gasteiger partial charge on any atom is 0.0218 e. The van der Waals surface area contributed by atoms with Crippen molar-refractivity contribution in [3.63, 3.8) is 0 Å². The molecule has 1 rings (SSSR count). The summed E-state index contributed by atoms with van der Waals surface area (Å²) >= 11 is 0. The highest BCUT2D eigenvalue weighted by Gasteiger charge is 2.26. The molecule has 0 spiro atoms. The minimum atomic E-state index is 0.861. The van der Waals surface area contributed by atoms with Gasteiger partial charge in [-0.25, -0.2) is 0 Å². The van der Waals surface area contributed by atoms with E-state index in [9.17, 15) is 0 Å². The summed E-state index contributed by atoms with van der Waals surface area (Å²) < 4.78 is 0. The monoisotopic (exact) mass is 169 g/mol. The lowest BCUT2D eigenvalue weighted by Crippen LogP contribution is -2.08. The van der Waals surface area contributed by atoms with Crippen LogP contribution in [0.1, 0.15) is 46.5 Å². The van der Waals surface area contributed by atoms with Crippen molar-refractivity contribution in [1.29, 1.82) is 0 Å². The van der Waals surface area contributed by atoms with Crippen LogP contribution in [-0.4, -0.2) is 12.6 Å². The lowest BCUT2D eigenvalue weighted by atomic mass is 9.92. The van der Waals surface area contributed by atoms with Crippen molar-refractivity contribution >= 4 is 0 Å². The smallest absolute Gasteiger partial charge is 0.0218 e. The second-order valence-electron chi connectivity index (χ2n) is 4.25. The normalized spacial score (nSPS) is 24.5. The van der Waals surface area contributed by atoms with Gasteiger partial charge in [0.2, 0.25) is 0 Å². The summed E-state index contributed by atoms with van der Waals surface area (Å²) in [6.07, 6.45) is 5.58. The third-order valence-electron chi connectivity index (χ3n) is 3.31. The van der Waals surface area contributed by atoms with E-state index >= 15 is 0 Å². The summed E-state index contributed by atoms with van der Waals surface area (Å²) in [7, 11) is 0. The van der Waals surface area contributed by atoms with E-state index < -0.39 is 0 Å². The minimum Gasteiger partial charge on any atom is -0.311 e. The number of hydrogen-bond donors (Lipinski definition) is 1. The van der Waals surface area contributed by atoms with Gasteiger partial charge in [-0.05, 0) is 18.3 Å².